The van der Waals surface area contributed by atoms with E-state index in [9.17, 15) is 0 Å². The van der Waals surface area contributed by atoms with Crippen LogP contribution in [0, 0.1) is 17.2 Å². The highest BCUT2D eigenvalue weighted by atomic mass is 15.1. The summed E-state index contributed by atoms with van der Waals surface area (Å²) in [5, 5.41) is 15.3. The molecule has 8 nitrogen and oxygen atoms in total. The van der Waals surface area contributed by atoms with E-state index >= 15 is 0 Å². The first-order chi connectivity index (χ1) is 12.3. The van der Waals surface area contributed by atoms with Crippen LogP contribution in [-0.2, 0) is 6.54 Å². The topological polar surface area (TPSA) is 104 Å². The quantitative estimate of drug-likeness (QED) is 0.750. The smallest absolute Gasteiger partial charge is 0.158 e. The molecule has 0 radical (unpaired) electrons. The Morgan fingerprint density at radius 3 is 2.72 bits per heavy atom. The molecule has 1 saturated heterocycles. The third-order valence-corrected chi connectivity index (χ3v) is 4.44. The molecule has 0 spiro atoms. The van der Waals surface area contributed by atoms with E-state index in [0.29, 0.717) is 17.6 Å². The summed E-state index contributed by atoms with van der Waals surface area (Å²) in [5.41, 5.74) is 2.22. The van der Waals surface area contributed by atoms with Crippen molar-refractivity contribution in [3.8, 4) is 6.07 Å². The Hall–Kier alpha value is -3.05. The van der Waals surface area contributed by atoms with Gasteiger partial charge < -0.3 is 15.2 Å². The van der Waals surface area contributed by atoms with Crippen molar-refractivity contribution in [3.05, 3.63) is 36.7 Å². The molecule has 0 atom stereocenters. The number of hydrogen-bond acceptors (Lipinski definition) is 7. The zero-order valence-corrected chi connectivity index (χ0v) is 13.7. The number of nitrogens with zero attached hydrogens (tertiary/aromatic N) is 6. The number of rotatable bonds is 4. The highest BCUT2D eigenvalue weighted by Gasteiger charge is 2.15. The number of imidazole rings is 1. The molecule has 1 fully saturated rings. The van der Waals surface area contributed by atoms with Gasteiger partial charge >= 0.3 is 0 Å². The van der Waals surface area contributed by atoms with Crippen molar-refractivity contribution in [2.24, 2.45) is 5.92 Å². The van der Waals surface area contributed by atoms with Crippen molar-refractivity contribution in [2.75, 3.05) is 18.4 Å². The van der Waals surface area contributed by atoms with Crippen molar-refractivity contribution in [3.63, 3.8) is 0 Å². The van der Waals surface area contributed by atoms with Crippen LogP contribution in [-0.4, -0.2) is 37.6 Å². The molecule has 0 bridgehead atoms. The van der Waals surface area contributed by atoms with Gasteiger partial charge in [-0.05, 0) is 31.8 Å². The van der Waals surface area contributed by atoms with Crippen LogP contribution in [0.2, 0.25) is 0 Å². The zero-order valence-electron chi connectivity index (χ0n) is 13.7. The standard InChI is InChI=1S/C17H18N8/c18-6-13-7-21-17(9-20-13)24-16-5-15-14(8-22-16)23-11-25(15)10-12-1-3-19-4-2-12/h5,7-9,11-12,19H,1-4,10H2,(H,21,22,24). The Morgan fingerprint density at radius 1 is 1.12 bits per heavy atom. The van der Waals surface area contributed by atoms with Gasteiger partial charge in [-0.15, -0.1) is 0 Å². The zero-order chi connectivity index (χ0) is 17.1. The monoisotopic (exact) mass is 334 g/mol. The number of nitriles is 1. The number of anilines is 2. The lowest BCUT2D eigenvalue weighted by Crippen LogP contribution is -2.29. The summed E-state index contributed by atoms with van der Waals surface area (Å²) in [6.45, 7) is 3.14. The van der Waals surface area contributed by atoms with Gasteiger partial charge in [0.05, 0.1) is 30.4 Å². The van der Waals surface area contributed by atoms with Gasteiger partial charge in [-0.25, -0.2) is 19.9 Å². The van der Waals surface area contributed by atoms with E-state index in [1.54, 1.807) is 6.20 Å². The molecule has 4 heterocycles. The second-order valence-corrected chi connectivity index (χ2v) is 6.17. The molecular weight excluding hydrogens is 316 g/mol. The molecule has 4 rings (SSSR count). The van der Waals surface area contributed by atoms with Crippen LogP contribution in [0.4, 0.5) is 11.6 Å². The molecule has 0 amide bonds. The summed E-state index contributed by atoms with van der Waals surface area (Å²) in [4.78, 5) is 17.0. The number of fused-ring (bicyclic) bond motifs is 1. The molecule has 0 aromatic carbocycles. The number of pyridine rings is 1. The van der Waals surface area contributed by atoms with Crippen LogP contribution in [0.25, 0.3) is 11.0 Å². The largest absolute Gasteiger partial charge is 0.330 e. The lowest BCUT2D eigenvalue weighted by molar-refractivity contribution is 0.336. The summed E-state index contributed by atoms with van der Waals surface area (Å²) in [7, 11) is 0. The van der Waals surface area contributed by atoms with Gasteiger partial charge in [-0.2, -0.15) is 5.26 Å². The summed E-state index contributed by atoms with van der Waals surface area (Å²) < 4.78 is 2.20. The predicted octanol–water partition coefficient (Wildman–Crippen LogP) is 1.84. The van der Waals surface area contributed by atoms with Crippen molar-refractivity contribution >= 4 is 22.7 Å². The van der Waals surface area contributed by atoms with Crippen LogP contribution < -0.4 is 10.6 Å². The van der Waals surface area contributed by atoms with Crippen LogP contribution in [0.3, 0.4) is 0 Å². The van der Waals surface area contributed by atoms with Crippen molar-refractivity contribution in [1.29, 1.82) is 5.26 Å². The van der Waals surface area contributed by atoms with E-state index in [1.807, 2.05) is 18.5 Å². The first kappa shape index (κ1) is 15.5. The maximum absolute atomic E-state index is 8.78. The summed E-state index contributed by atoms with van der Waals surface area (Å²) >= 11 is 0. The fourth-order valence-corrected chi connectivity index (χ4v) is 3.10. The minimum Gasteiger partial charge on any atom is -0.330 e. The third-order valence-electron chi connectivity index (χ3n) is 4.44. The average molecular weight is 334 g/mol. The minimum atomic E-state index is 0.286. The lowest BCUT2D eigenvalue weighted by Gasteiger charge is -2.23. The first-order valence-corrected chi connectivity index (χ1v) is 8.32. The molecule has 0 aliphatic carbocycles. The Labute approximate surface area is 145 Å². The van der Waals surface area contributed by atoms with E-state index in [1.165, 1.54) is 25.2 Å². The summed E-state index contributed by atoms with van der Waals surface area (Å²) in [6.07, 6.45) is 8.99. The van der Waals surface area contributed by atoms with Gasteiger partial charge in [-0.3, -0.25) is 0 Å². The molecule has 126 valence electrons. The Balaban J connectivity index is 1.55. The van der Waals surface area contributed by atoms with Crippen LogP contribution in [0.15, 0.2) is 31.0 Å². The van der Waals surface area contributed by atoms with Crippen molar-refractivity contribution < 1.29 is 0 Å². The lowest BCUT2D eigenvalue weighted by atomic mass is 9.98. The molecule has 1 aliphatic heterocycles. The van der Waals surface area contributed by atoms with Gasteiger partial charge in [0, 0.05) is 12.6 Å². The second-order valence-electron chi connectivity index (χ2n) is 6.17. The Kier molecular flexibility index (Phi) is 4.23. The third kappa shape index (κ3) is 3.41. The van der Waals surface area contributed by atoms with Crippen LogP contribution >= 0.6 is 0 Å². The van der Waals surface area contributed by atoms with Crippen LogP contribution in [0.1, 0.15) is 18.5 Å². The average Bonchev–Trinajstić information content (AvgIpc) is 3.05. The molecule has 1 aliphatic rings. The van der Waals surface area contributed by atoms with Gasteiger partial charge in [0.1, 0.15) is 23.2 Å². The van der Waals surface area contributed by atoms with E-state index < -0.39 is 0 Å². The molecular formula is C17H18N8. The van der Waals surface area contributed by atoms with E-state index in [0.717, 1.165) is 30.7 Å². The molecule has 25 heavy (non-hydrogen) atoms. The van der Waals surface area contributed by atoms with Crippen LogP contribution in [0.5, 0.6) is 0 Å². The SMILES string of the molecule is N#Cc1cnc(Nc2cc3c(cn2)ncn3CC2CCNCC2)cn1. The highest BCUT2D eigenvalue weighted by molar-refractivity contribution is 5.78. The van der Waals surface area contributed by atoms with E-state index in [4.69, 9.17) is 5.26 Å². The number of nitrogens with one attached hydrogen (secondary N) is 2. The molecule has 0 unspecified atom stereocenters. The first-order valence-electron chi connectivity index (χ1n) is 8.32. The Bertz CT molecular complexity index is 903. The summed E-state index contributed by atoms with van der Waals surface area (Å²) in [6, 6.07) is 3.93. The number of hydrogen-bond donors (Lipinski definition) is 2. The molecule has 3 aromatic heterocycles. The molecule has 0 saturated carbocycles. The van der Waals surface area contributed by atoms with E-state index in [-0.39, 0.29) is 5.69 Å². The fraction of sp³-hybridized carbons (Fsp3) is 0.353. The fourth-order valence-electron chi connectivity index (χ4n) is 3.10. The highest BCUT2D eigenvalue weighted by Crippen LogP contribution is 2.21. The normalized spacial score (nSPS) is 15.2. The molecule has 8 heteroatoms. The van der Waals surface area contributed by atoms with Gasteiger partial charge in [0.2, 0.25) is 0 Å². The number of aromatic nitrogens is 5. The van der Waals surface area contributed by atoms with Gasteiger partial charge in [0.25, 0.3) is 0 Å². The molecule has 3 aromatic rings. The molecule has 2 N–H and O–H groups in total. The van der Waals surface area contributed by atoms with E-state index in [2.05, 4.69) is 35.1 Å². The maximum atomic E-state index is 8.78. The van der Waals surface area contributed by atoms with Crippen molar-refractivity contribution in [2.45, 2.75) is 19.4 Å². The van der Waals surface area contributed by atoms with Crippen molar-refractivity contribution in [1.82, 2.24) is 29.8 Å². The second kappa shape index (κ2) is 6.83. The maximum Gasteiger partial charge on any atom is 0.158 e. The number of piperidine rings is 1. The minimum absolute atomic E-state index is 0.286. The predicted molar refractivity (Wildman–Crippen MR) is 93.2 cm³/mol. The summed E-state index contributed by atoms with van der Waals surface area (Å²) in [5.74, 6) is 1.90. The van der Waals surface area contributed by atoms with Gasteiger partial charge in [0.15, 0.2) is 5.69 Å². The van der Waals surface area contributed by atoms with Gasteiger partial charge in [-0.1, -0.05) is 0 Å². The Morgan fingerprint density at radius 2 is 1.96 bits per heavy atom.